The van der Waals surface area contributed by atoms with Gasteiger partial charge in [-0.05, 0) is 23.8 Å². The summed E-state index contributed by atoms with van der Waals surface area (Å²) in [7, 11) is 0. The second kappa shape index (κ2) is 4.70. The number of fused-ring (bicyclic) bond motifs is 2. The number of hydrogen-bond donors (Lipinski definition) is 2. The van der Waals surface area contributed by atoms with Crippen LogP contribution in [0.3, 0.4) is 0 Å². The second-order valence-corrected chi connectivity index (χ2v) is 5.28. The summed E-state index contributed by atoms with van der Waals surface area (Å²) in [5.41, 5.74) is 17.2. The van der Waals surface area contributed by atoms with Crippen LogP contribution in [0.1, 0.15) is 0 Å². The zero-order chi connectivity index (χ0) is 15.1. The maximum absolute atomic E-state index is 6.34. The van der Waals surface area contributed by atoms with E-state index in [1.807, 2.05) is 54.7 Å². The van der Waals surface area contributed by atoms with Crippen molar-refractivity contribution in [3.63, 3.8) is 0 Å². The van der Waals surface area contributed by atoms with Crippen molar-refractivity contribution in [2.24, 2.45) is 0 Å². The van der Waals surface area contributed by atoms with Crippen LogP contribution in [0.4, 0.5) is 11.4 Å². The van der Waals surface area contributed by atoms with Crippen LogP contribution in [0.15, 0.2) is 60.9 Å². The molecule has 0 fully saturated rings. The Balaban J connectivity index is 1.94. The monoisotopic (exact) mass is 286 g/mol. The van der Waals surface area contributed by atoms with Gasteiger partial charge in [-0.15, -0.1) is 0 Å². The fourth-order valence-electron chi connectivity index (χ4n) is 2.70. The highest BCUT2D eigenvalue weighted by Gasteiger charge is 2.08. The number of pyridine rings is 2. The summed E-state index contributed by atoms with van der Waals surface area (Å²) in [6.07, 6.45) is 3.48. The maximum atomic E-state index is 6.34. The molecule has 2 heterocycles. The van der Waals surface area contributed by atoms with E-state index in [9.17, 15) is 0 Å². The molecule has 0 saturated heterocycles. The third kappa shape index (κ3) is 1.93. The summed E-state index contributed by atoms with van der Waals surface area (Å²) < 4.78 is 0. The molecule has 0 radical (unpaired) electrons. The lowest BCUT2D eigenvalue weighted by Crippen LogP contribution is -1.94. The molecule has 0 amide bonds. The molecule has 106 valence electrons. The second-order valence-electron chi connectivity index (χ2n) is 5.28. The molecule has 0 spiro atoms. The van der Waals surface area contributed by atoms with Crippen molar-refractivity contribution >= 4 is 33.2 Å². The van der Waals surface area contributed by atoms with Crippen LogP contribution in [0.2, 0.25) is 0 Å². The number of nitrogen functional groups attached to an aromatic ring is 2. The van der Waals surface area contributed by atoms with Crippen molar-refractivity contribution in [3.05, 3.63) is 60.9 Å². The van der Waals surface area contributed by atoms with E-state index in [4.69, 9.17) is 11.5 Å². The lowest BCUT2D eigenvalue weighted by Gasteiger charge is -2.09. The first kappa shape index (κ1) is 12.6. The Morgan fingerprint density at radius 1 is 0.773 bits per heavy atom. The molecule has 4 N–H and O–H groups in total. The molecule has 0 aliphatic heterocycles. The van der Waals surface area contributed by atoms with Crippen molar-refractivity contribution in [1.29, 1.82) is 0 Å². The van der Waals surface area contributed by atoms with Gasteiger partial charge in [0, 0.05) is 22.5 Å². The zero-order valence-electron chi connectivity index (χ0n) is 11.8. The fraction of sp³-hybridized carbons (Fsp3) is 0. The van der Waals surface area contributed by atoms with E-state index >= 15 is 0 Å². The normalized spacial score (nSPS) is 11.1. The third-order valence-corrected chi connectivity index (χ3v) is 3.83. The molecule has 4 heteroatoms. The number of para-hydroxylation sites is 1. The Hall–Kier alpha value is -3.14. The van der Waals surface area contributed by atoms with Gasteiger partial charge in [-0.1, -0.05) is 30.3 Å². The van der Waals surface area contributed by atoms with Crippen molar-refractivity contribution in [2.45, 2.75) is 0 Å². The molecule has 0 atom stereocenters. The van der Waals surface area contributed by atoms with E-state index in [0.29, 0.717) is 5.69 Å². The van der Waals surface area contributed by atoms with Gasteiger partial charge in [0.1, 0.15) is 0 Å². The Morgan fingerprint density at radius 3 is 2.50 bits per heavy atom. The predicted octanol–water partition coefficient (Wildman–Crippen LogP) is 3.61. The van der Waals surface area contributed by atoms with Crippen molar-refractivity contribution in [1.82, 2.24) is 9.97 Å². The van der Waals surface area contributed by atoms with Crippen LogP contribution < -0.4 is 11.5 Å². The Bertz CT molecular complexity index is 1010. The molecule has 22 heavy (non-hydrogen) atoms. The van der Waals surface area contributed by atoms with Gasteiger partial charge in [0.2, 0.25) is 0 Å². The summed E-state index contributed by atoms with van der Waals surface area (Å²) in [5.74, 6) is 0. The number of rotatable bonds is 1. The predicted molar refractivity (Wildman–Crippen MR) is 91.3 cm³/mol. The van der Waals surface area contributed by atoms with Gasteiger partial charge in [0.25, 0.3) is 0 Å². The topological polar surface area (TPSA) is 77.8 Å². The minimum Gasteiger partial charge on any atom is -0.398 e. The summed E-state index contributed by atoms with van der Waals surface area (Å²) in [5, 5.41) is 1.97. The minimum atomic E-state index is 0.659. The number of hydrogen-bond acceptors (Lipinski definition) is 4. The molecule has 0 aliphatic carbocycles. The quantitative estimate of drug-likeness (QED) is 0.560. The SMILES string of the molecule is Nc1cnc2cc(-c3cnc4ccccc4c3N)ccc2c1. The number of nitrogens with zero attached hydrogens (tertiary/aromatic N) is 2. The van der Waals surface area contributed by atoms with Gasteiger partial charge >= 0.3 is 0 Å². The minimum absolute atomic E-state index is 0.659. The highest BCUT2D eigenvalue weighted by Crippen LogP contribution is 2.32. The number of benzene rings is 2. The van der Waals surface area contributed by atoms with E-state index in [2.05, 4.69) is 9.97 Å². The molecule has 0 saturated carbocycles. The maximum Gasteiger partial charge on any atom is 0.0723 e. The van der Waals surface area contributed by atoms with E-state index in [1.165, 1.54) is 0 Å². The highest BCUT2D eigenvalue weighted by atomic mass is 14.7. The van der Waals surface area contributed by atoms with E-state index in [0.717, 1.165) is 38.6 Å². The van der Waals surface area contributed by atoms with Crippen molar-refractivity contribution < 1.29 is 0 Å². The van der Waals surface area contributed by atoms with Crippen LogP contribution in [0.5, 0.6) is 0 Å². The summed E-state index contributed by atoms with van der Waals surface area (Å²) in [6, 6.07) is 15.8. The summed E-state index contributed by atoms with van der Waals surface area (Å²) in [6.45, 7) is 0. The number of aromatic nitrogens is 2. The van der Waals surface area contributed by atoms with Crippen LogP contribution in [-0.4, -0.2) is 9.97 Å². The van der Waals surface area contributed by atoms with Crippen LogP contribution in [0, 0.1) is 0 Å². The van der Waals surface area contributed by atoms with E-state index in [1.54, 1.807) is 6.20 Å². The average Bonchev–Trinajstić information content (AvgIpc) is 2.55. The smallest absolute Gasteiger partial charge is 0.0723 e. The van der Waals surface area contributed by atoms with Crippen LogP contribution >= 0.6 is 0 Å². The van der Waals surface area contributed by atoms with Gasteiger partial charge in [-0.3, -0.25) is 9.97 Å². The number of nitrogens with two attached hydrogens (primary N) is 2. The molecular formula is C18H14N4. The van der Waals surface area contributed by atoms with Gasteiger partial charge in [-0.25, -0.2) is 0 Å². The first-order valence-corrected chi connectivity index (χ1v) is 7.01. The summed E-state index contributed by atoms with van der Waals surface area (Å²) >= 11 is 0. The highest BCUT2D eigenvalue weighted by molar-refractivity contribution is 5.99. The molecule has 4 rings (SSSR count). The molecule has 0 bridgehead atoms. The van der Waals surface area contributed by atoms with E-state index in [-0.39, 0.29) is 0 Å². The summed E-state index contributed by atoms with van der Waals surface area (Å²) in [4.78, 5) is 8.86. The molecule has 4 nitrogen and oxygen atoms in total. The standard InChI is InChI=1S/C18H14N4/c19-13-7-12-6-5-11(8-17(12)21-9-13)15-10-22-16-4-2-1-3-14(16)18(15)20/h1-10H,19H2,(H2,20,22). The van der Waals surface area contributed by atoms with Crippen LogP contribution in [0.25, 0.3) is 32.9 Å². The largest absolute Gasteiger partial charge is 0.398 e. The first-order chi connectivity index (χ1) is 10.7. The Labute approximate surface area is 127 Å². The van der Waals surface area contributed by atoms with Gasteiger partial charge in [0.15, 0.2) is 0 Å². The van der Waals surface area contributed by atoms with Crippen LogP contribution in [-0.2, 0) is 0 Å². The van der Waals surface area contributed by atoms with Crippen molar-refractivity contribution in [2.75, 3.05) is 11.5 Å². The molecule has 4 aromatic rings. The van der Waals surface area contributed by atoms with Gasteiger partial charge in [-0.2, -0.15) is 0 Å². The fourth-order valence-corrected chi connectivity index (χ4v) is 2.70. The third-order valence-electron chi connectivity index (χ3n) is 3.83. The lowest BCUT2D eigenvalue weighted by atomic mass is 10.0. The average molecular weight is 286 g/mol. The van der Waals surface area contributed by atoms with Gasteiger partial charge in [0.05, 0.1) is 28.6 Å². The van der Waals surface area contributed by atoms with Gasteiger partial charge < -0.3 is 11.5 Å². The Morgan fingerprint density at radius 2 is 1.59 bits per heavy atom. The van der Waals surface area contributed by atoms with E-state index < -0.39 is 0 Å². The zero-order valence-corrected chi connectivity index (χ0v) is 11.8. The lowest BCUT2D eigenvalue weighted by molar-refractivity contribution is 1.40. The molecular weight excluding hydrogens is 272 g/mol. The molecule has 2 aromatic heterocycles. The first-order valence-electron chi connectivity index (χ1n) is 7.01. The molecule has 2 aromatic carbocycles. The molecule has 0 unspecified atom stereocenters. The van der Waals surface area contributed by atoms with Crippen molar-refractivity contribution in [3.8, 4) is 11.1 Å². The number of anilines is 2. The molecule has 0 aliphatic rings. The Kier molecular flexibility index (Phi) is 2.69.